The van der Waals surface area contributed by atoms with Gasteiger partial charge in [0, 0.05) is 31.7 Å². The van der Waals surface area contributed by atoms with E-state index in [1.54, 1.807) is 0 Å². The van der Waals surface area contributed by atoms with E-state index in [4.69, 9.17) is 5.11 Å². The molecule has 1 aliphatic rings. The van der Waals surface area contributed by atoms with Crippen LogP contribution in [-0.4, -0.2) is 58.4 Å². The molecule has 5 heteroatoms. The molecule has 0 aromatic rings. The predicted octanol–water partition coefficient (Wildman–Crippen LogP) is 0.284. The van der Waals surface area contributed by atoms with Gasteiger partial charge in [-0.2, -0.15) is 0 Å². The molecule has 0 aliphatic carbocycles. The van der Waals surface area contributed by atoms with Gasteiger partial charge in [-0.15, -0.1) is 0 Å². The van der Waals surface area contributed by atoms with Crippen LogP contribution < -0.4 is 5.32 Å². The Morgan fingerprint density at radius 1 is 1.47 bits per heavy atom. The molecule has 0 aromatic heterocycles. The molecule has 100 valence electrons. The van der Waals surface area contributed by atoms with Gasteiger partial charge in [0.15, 0.2) is 5.60 Å². The van der Waals surface area contributed by atoms with Crippen molar-refractivity contribution in [2.45, 2.75) is 51.3 Å². The number of aliphatic hydroxyl groups is 1. The topological polar surface area (TPSA) is 72.8 Å². The Bertz CT molecular complexity index is 268. The van der Waals surface area contributed by atoms with Gasteiger partial charge in [-0.25, -0.2) is 4.79 Å². The normalized spacial score (nSPS) is 29.9. The quantitative estimate of drug-likeness (QED) is 0.648. The molecular formula is C12H24N2O3. The molecule has 0 bridgehead atoms. The van der Waals surface area contributed by atoms with E-state index in [9.17, 15) is 9.90 Å². The van der Waals surface area contributed by atoms with Gasteiger partial charge < -0.3 is 15.5 Å². The fourth-order valence-electron chi connectivity index (χ4n) is 2.26. The Labute approximate surface area is 103 Å². The Kier molecular flexibility index (Phi) is 4.91. The van der Waals surface area contributed by atoms with Crippen LogP contribution in [-0.2, 0) is 4.79 Å². The van der Waals surface area contributed by atoms with Crippen LogP contribution in [0.1, 0.15) is 33.6 Å². The standard InChI is InChI=1S/C12H24N2O3/c1-4-9-7-14(10(5-2)6-13-9)8-12(3,17)11(15)16/h9-10,13,17H,4-8H2,1-3H3,(H,15,16). The molecule has 5 nitrogen and oxygen atoms in total. The summed E-state index contributed by atoms with van der Waals surface area (Å²) in [6.07, 6.45) is 1.97. The Morgan fingerprint density at radius 3 is 2.59 bits per heavy atom. The van der Waals surface area contributed by atoms with Crippen LogP contribution in [0.4, 0.5) is 0 Å². The van der Waals surface area contributed by atoms with Crippen LogP contribution in [0, 0.1) is 0 Å². The van der Waals surface area contributed by atoms with Crippen LogP contribution >= 0.6 is 0 Å². The molecule has 0 spiro atoms. The fourth-order valence-corrected chi connectivity index (χ4v) is 2.26. The minimum Gasteiger partial charge on any atom is -0.479 e. The van der Waals surface area contributed by atoms with E-state index in [1.807, 2.05) is 0 Å². The van der Waals surface area contributed by atoms with Crippen molar-refractivity contribution >= 4 is 5.97 Å². The van der Waals surface area contributed by atoms with Crippen molar-refractivity contribution in [1.82, 2.24) is 10.2 Å². The molecule has 1 saturated heterocycles. The molecule has 0 amide bonds. The summed E-state index contributed by atoms with van der Waals surface area (Å²) in [4.78, 5) is 13.0. The van der Waals surface area contributed by atoms with Crippen LogP contribution in [0.25, 0.3) is 0 Å². The Morgan fingerprint density at radius 2 is 2.12 bits per heavy atom. The monoisotopic (exact) mass is 244 g/mol. The highest BCUT2D eigenvalue weighted by molar-refractivity contribution is 5.76. The van der Waals surface area contributed by atoms with E-state index in [2.05, 4.69) is 24.1 Å². The molecule has 3 atom stereocenters. The number of carboxylic acids is 1. The van der Waals surface area contributed by atoms with Crippen molar-refractivity contribution < 1.29 is 15.0 Å². The maximum absolute atomic E-state index is 10.9. The summed E-state index contributed by atoms with van der Waals surface area (Å²) in [5.74, 6) is -1.15. The lowest BCUT2D eigenvalue weighted by molar-refractivity contribution is -0.159. The third kappa shape index (κ3) is 3.66. The molecular weight excluding hydrogens is 220 g/mol. The van der Waals surface area contributed by atoms with Crippen LogP contribution in [0.15, 0.2) is 0 Å². The Hall–Kier alpha value is -0.650. The number of nitrogens with zero attached hydrogens (tertiary/aromatic N) is 1. The third-order valence-electron chi connectivity index (χ3n) is 3.55. The van der Waals surface area contributed by atoms with Gasteiger partial charge >= 0.3 is 5.97 Å². The molecule has 0 saturated carbocycles. The van der Waals surface area contributed by atoms with Crippen molar-refractivity contribution in [3.8, 4) is 0 Å². The lowest BCUT2D eigenvalue weighted by atomic mass is 10.0. The minimum absolute atomic E-state index is 0.193. The summed E-state index contributed by atoms with van der Waals surface area (Å²) >= 11 is 0. The van der Waals surface area contributed by atoms with E-state index < -0.39 is 11.6 Å². The van der Waals surface area contributed by atoms with Gasteiger partial charge in [-0.3, -0.25) is 4.90 Å². The molecule has 3 N–H and O–H groups in total. The zero-order valence-corrected chi connectivity index (χ0v) is 10.9. The lowest BCUT2D eigenvalue weighted by Crippen LogP contribution is -2.60. The summed E-state index contributed by atoms with van der Waals surface area (Å²) in [6.45, 7) is 7.42. The first-order valence-corrected chi connectivity index (χ1v) is 6.33. The molecule has 1 heterocycles. The number of piperazine rings is 1. The van der Waals surface area contributed by atoms with Gasteiger partial charge in [0.2, 0.25) is 0 Å². The fraction of sp³-hybridized carbons (Fsp3) is 0.917. The highest BCUT2D eigenvalue weighted by Crippen LogP contribution is 2.16. The van der Waals surface area contributed by atoms with Crippen molar-refractivity contribution in [1.29, 1.82) is 0 Å². The molecule has 1 aliphatic heterocycles. The maximum atomic E-state index is 10.9. The average molecular weight is 244 g/mol. The predicted molar refractivity (Wildman–Crippen MR) is 66.0 cm³/mol. The summed E-state index contributed by atoms with van der Waals surface area (Å²) in [6, 6.07) is 0.700. The summed E-state index contributed by atoms with van der Waals surface area (Å²) in [5.41, 5.74) is -1.66. The molecule has 3 unspecified atom stereocenters. The smallest absolute Gasteiger partial charge is 0.336 e. The van der Waals surface area contributed by atoms with E-state index in [0.29, 0.717) is 12.1 Å². The number of nitrogens with one attached hydrogen (secondary N) is 1. The largest absolute Gasteiger partial charge is 0.479 e. The summed E-state index contributed by atoms with van der Waals surface area (Å²) in [7, 11) is 0. The molecule has 0 radical (unpaired) electrons. The molecule has 1 fully saturated rings. The highest BCUT2D eigenvalue weighted by atomic mass is 16.4. The zero-order chi connectivity index (χ0) is 13.1. The second-order valence-electron chi connectivity index (χ2n) is 5.08. The van der Waals surface area contributed by atoms with Crippen molar-refractivity contribution in [3.05, 3.63) is 0 Å². The second kappa shape index (κ2) is 5.80. The van der Waals surface area contributed by atoms with E-state index >= 15 is 0 Å². The van der Waals surface area contributed by atoms with E-state index in [-0.39, 0.29) is 6.54 Å². The van der Waals surface area contributed by atoms with Gasteiger partial charge in [0.25, 0.3) is 0 Å². The Balaban J connectivity index is 2.67. The van der Waals surface area contributed by atoms with E-state index in [1.165, 1.54) is 6.92 Å². The molecule has 0 aromatic carbocycles. The lowest BCUT2D eigenvalue weighted by Gasteiger charge is -2.42. The number of carboxylic acid groups (broad SMARTS) is 1. The first-order valence-electron chi connectivity index (χ1n) is 6.33. The van der Waals surface area contributed by atoms with Crippen molar-refractivity contribution in [2.75, 3.05) is 19.6 Å². The number of hydrogen-bond acceptors (Lipinski definition) is 4. The average Bonchev–Trinajstić information content (AvgIpc) is 2.28. The summed E-state index contributed by atoms with van der Waals surface area (Å²) in [5, 5.41) is 22.3. The second-order valence-corrected chi connectivity index (χ2v) is 5.08. The molecule has 1 rings (SSSR count). The third-order valence-corrected chi connectivity index (χ3v) is 3.55. The minimum atomic E-state index is -1.66. The zero-order valence-electron chi connectivity index (χ0n) is 10.9. The number of rotatable bonds is 5. The van der Waals surface area contributed by atoms with Crippen LogP contribution in [0.5, 0.6) is 0 Å². The first-order chi connectivity index (χ1) is 7.90. The van der Waals surface area contributed by atoms with Crippen LogP contribution in [0.3, 0.4) is 0 Å². The maximum Gasteiger partial charge on any atom is 0.336 e. The van der Waals surface area contributed by atoms with E-state index in [0.717, 1.165) is 25.9 Å². The van der Waals surface area contributed by atoms with Gasteiger partial charge in [-0.1, -0.05) is 13.8 Å². The highest BCUT2D eigenvalue weighted by Gasteiger charge is 2.36. The van der Waals surface area contributed by atoms with Gasteiger partial charge in [-0.05, 0) is 19.8 Å². The van der Waals surface area contributed by atoms with Gasteiger partial charge in [0.1, 0.15) is 0 Å². The first kappa shape index (κ1) is 14.4. The van der Waals surface area contributed by atoms with Gasteiger partial charge in [0.05, 0.1) is 0 Å². The number of hydrogen-bond donors (Lipinski definition) is 3. The van der Waals surface area contributed by atoms with Crippen LogP contribution in [0.2, 0.25) is 0 Å². The van der Waals surface area contributed by atoms with Crippen molar-refractivity contribution in [2.24, 2.45) is 0 Å². The molecule has 17 heavy (non-hydrogen) atoms. The number of carbonyl (C=O) groups is 1. The van der Waals surface area contributed by atoms with Crippen molar-refractivity contribution in [3.63, 3.8) is 0 Å². The number of β-amino-alcohol motifs (C(OH)–C–C–N with tert-alkyl or cyclic N) is 1. The SMILES string of the molecule is CCC1CN(CC(C)(O)C(=O)O)C(CC)CN1. The number of aliphatic carboxylic acids is 1. The summed E-state index contributed by atoms with van der Waals surface area (Å²) < 4.78 is 0.